The molecule has 0 heterocycles. The van der Waals surface area contributed by atoms with Crippen LogP contribution in [0.2, 0.25) is 23.2 Å². The maximum absolute atomic E-state index is 12.7. The molecule has 0 bridgehead atoms. The SMILES string of the molecule is CCC(=NS(=O)C(C)(C)C)C(O[Si](C)(C)C(C)(C)C)c1cccc(Cl)c1. The molecule has 1 aromatic carbocycles. The molecule has 1 aromatic rings. The second-order valence-electron chi connectivity index (χ2n) is 9.11. The highest BCUT2D eigenvalue weighted by Crippen LogP contribution is 2.40. The maximum Gasteiger partial charge on any atom is 0.193 e. The minimum Gasteiger partial charge on any atom is -0.405 e. The van der Waals surface area contributed by atoms with Crippen molar-refractivity contribution in [3.05, 3.63) is 34.9 Å². The molecule has 2 unspecified atom stereocenters. The Kier molecular flexibility index (Phi) is 7.86. The van der Waals surface area contributed by atoms with Crippen molar-refractivity contribution in [1.82, 2.24) is 0 Å². The average Bonchev–Trinajstić information content (AvgIpc) is 2.48. The molecule has 0 fully saturated rings. The molecule has 3 nitrogen and oxygen atoms in total. The van der Waals surface area contributed by atoms with Gasteiger partial charge in [0.25, 0.3) is 0 Å². The fourth-order valence-corrected chi connectivity index (χ4v) is 4.14. The number of benzene rings is 1. The molecule has 0 amide bonds. The van der Waals surface area contributed by atoms with Crippen LogP contribution in [0, 0.1) is 0 Å². The van der Waals surface area contributed by atoms with Crippen LogP contribution >= 0.6 is 11.6 Å². The van der Waals surface area contributed by atoms with Crippen molar-refractivity contribution in [1.29, 1.82) is 0 Å². The van der Waals surface area contributed by atoms with Crippen molar-refractivity contribution >= 4 is 36.6 Å². The predicted octanol–water partition coefficient (Wildman–Crippen LogP) is 6.72. The topological polar surface area (TPSA) is 38.7 Å². The minimum atomic E-state index is -2.07. The summed E-state index contributed by atoms with van der Waals surface area (Å²) in [4.78, 5) is 0. The van der Waals surface area contributed by atoms with Gasteiger partial charge in [0.15, 0.2) is 8.32 Å². The fraction of sp³-hybridized carbons (Fsp3) is 0.650. The molecule has 0 aromatic heterocycles. The third kappa shape index (κ3) is 6.29. The molecule has 0 spiro atoms. The summed E-state index contributed by atoms with van der Waals surface area (Å²) >= 11 is 6.23. The first-order valence-corrected chi connectivity index (χ1v) is 13.5. The van der Waals surface area contributed by atoms with E-state index in [2.05, 4.69) is 38.3 Å². The monoisotopic (exact) mass is 415 g/mol. The van der Waals surface area contributed by atoms with E-state index in [9.17, 15) is 4.21 Å². The molecule has 2 atom stereocenters. The second kappa shape index (κ2) is 8.68. The lowest BCUT2D eigenvalue weighted by Crippen LogP contribution is -2.43. The Morgan fingerprint density at radius 3 is 2.23 bits per heavy atom. The molecule has 0 saturated heterocycles. The Morgan fingerprint density at radius 2 is 1.81 bits per heavy atom. The van der Waals surface area contributed by atoms with E-state index in [4.69, 9.17) is 16.0 Å². The largest absolute Gasteiger partial charge is 0.405 e. The molecule has 0 radical (unpaired) electrons. The number of hydrogen-bond donors (Lipinski definition) is 0. The molecular weight excluding hydrogens is 382 g/mol. The Bertz CT molecular complexity index is 675. The van der Waals surface area contributed by atoms with Crippen LogP contribution in [0.1, 0.15) is 66.6 Å². The third-order valence-electron chi connectivity index (χ3n) is 4.76. The zero-order valence-corrected chi connectivity index (χ0v) is 20.2. The van der Waals surface area contributed by atoms with E-state index in [1.165, 1.54) is 0 Å². The van der Waals surface area contributed by atoms with Crippen molar-refractivity contribution in [2.45, 2.75) is 83.9 Å². The van der Waals surface area contributed by atoms with E-state index in [-0.39, 0.29) is 11.1 Å². The Balaban J connectivity index is 3.44. The van der Waals surface area contributed by atoms with Crippen LogP contribution in [-0.4, -0.2) is 23.0 Å². The van der Waals surface area contributed by atoms with E-state index in [1.807, 2.05) is 52.0 Å². The first kappa shape index (κ1) is 23.5. The van der Waals surface area contributed by atoms with Gasteiger partial charge in [0.1, 0.15) is 17.1 Å². The molecule has 148 valence electrons. The standard InChI is InChI=1S/C20H34ClNO2SSi/c1-10-17(22-25(23)19(2,3)4)18(15-12-11-13-16(21)14-15)24-26(8,9)20(5,6)7/h11-14,18H,10H2,1-9H3. The van der Waals surface area contributed by atoms with Crippen molar-refractivity contribution < 1.29 is 8.63 Å². The highest BCUT2D eigenvalue weighted by molar-refractivity contribution is 7.85. The van der Waals surface area contributed by atoms with Gasteiger partial charge in [-0.15, -0.1) is 0 Å². The molecule has 26 heavy (non-hydrogen) atoms. The van der Waals surface area contributed by atoms with Crippen LogP contribution in [0.15, 0.2) is 28.7 Å². The Morgan fingerprint density at radius 1 is 1.23 bits per heavy atom. The summed E-state index contributed by atoms with van der Waals surface area (Å²) in [6.07, 6.45) is 0.346. The summed E-state index contributed by atoms with van der Waals surface area (Å²) in [6.45, 7) is 18.9. The highest BCUT2D eigenvalue weighted by Gasteiger charge is 2.40. The minimum absolute atomic E-state index is 0.0614. The van der Waals surface area contributed by atoms with Gasteiger partial charge < -0.3 is 4.43 Å². The van der Waals surface area contributed by atoms with Gasteiger partial charge in [-0.3, -0.25) is 0 Å². The molecule has 0 aliphatic carbocycles. The van der Waals surface area contributed by atoms with Gasteiger partial charge in [0, 0.05) is 5.02 Å². The van der Waals surface area contributed by atoms with E-state index in [0.717, 1.165) is 11.3 Å². The van der Waals surface area contributed by atoms with E-state index in [1.54, 1.807) is 0 Å². The van der Waals surface area contributed by atoms with Gasteiger partial charge in [-0.1, -0.05) is 51.4 Å². The second-order valence-corrected chi connectivity index (χ2v) is 16.2. The molecule has 6 heteroatoms. The van der Waals surface area contributed by atoms with Crippen LogP contribution in [0.5, 0.6) is 0 Å². The number of rotatable bonds is 6. The zero-order chi connectivity index (χ0) is 20.3. The van der Waals surface area contributed by atoms with Gasteiger partial charge in [0.2, 0.25) is 0 Å². The quantitative estimate of drug-likeness (QED) is 0.382. The van der Waals surface area contributed by atoms with Crippen molar-refractivity contribution in [2.75, 3.05) is 0 Å². The van der Waals surface area contributed by atoms with Gasteiger partial charge in [0.05, 0.1) is 10.5 Å². The molecule has 0 aliphatic heterocycles. The number of halogens is 1. The van der Waals surface area contributed by atoms with Crippen LogP contribution in [0.25, 0.3) is 0 Å². The first-order chi connectivity index (χ1) is 11.7. The van der Waals surface area contributed by atoms with Gasteiger partial charge in [-0.2, -0.15) is 4.40 Å². The zero-order valence-electron chi connectivity index (χ0n) is 17.6. The van der Waals surface area contributed by atoms with Crippen LogP contribution in [0.3, 0.4) is 0 Å². The van der Waals surface area contributed by atoms with Crippen LogP contribution in [-0.2, 0) is 15.4 Å². The first-order valence-electron chi connectivity index (χ1n) is 9.12. The predicted molar refractivity (Wildman–Crippen MR) is 118 cm³/mol. The summed E-state index contributed by atoms with van der Waals surface area (Å²) < 4.78 is 23.6. The van der Waals surface area contributed by atoms with Gasteiger partial charge in [-0.05, 0) is 63.0 Å². The lowest BCUT2D eigenvalue weighted by molar-refractivity contribution is 0.244. The van der Waals surface area contributed by atoms with Crippen molar-refractivity contribution in [2.24, 2.45) is 4.40 Å². The van der Waals surface area contributed by atoms with E-state index >= 15 is 0 Å². The summed E-state index contributed by atoms with van der Waals surface area (Å²) in [6, 6.07) is 7.71. The van der Waals surface area contributed by atoms with E-state index < -0.39 is 24.1 Å². The van der Waals surface area contributed by atoms with Gasteiger partial charge >= 0.3 is 0 Å². The summed E-state index contributed by atoms with van der Waals surface area (Å²) in [5.74, 6) is 0. The van der Waals surface area contributed by atoms with E-state index in [0.29, 0.717) is 11.4 Å². The average molecular weight is 416 g/mol. The normalized spacial score (nSPS) is 16.5. The fourth-order valence-electron chi connectivity index (χ4n) is 2.01. The lowest BCUT2D eigenvalue weighted by atomic mass is 10.0. The summed E-state index contributed by atoms with van der Waals surface area (Å²) in [5, 5.41) is 0.727. The smallest absolute Gasteiger partial charge is 0.193 e. The molecule has 0 saturated carbocycles. The number of hydrogen-bond acceptors (Lipinski definition) is 2. The lowest BCUT2D eigenvalue weighted by Gasteiger charge is -2.39. The highest BCUT2D eigenvalue weighted by atomic mass is 35.5. The Hall–Kier alpha value is -0.493. The Labute approximate surface area is 168 Å². The maximum atomic E-state index is 12.7. The summed E-state index contributed by atoms with van der Waals surface area (Å²) in [7, 11) is -3.39. The van der Waals surface area contributed by atoms with Crippen LogP contribution < -0.4 is 0 Å². The third-order valence-corrected chi connectivity index (χ3v) is 10.9. The molecule has 0 aliphatic rings. The summed E-state index contributed by atoms with van der Waals surface area (Å²) in [5.41, 5.74) is 1.78. The molecular formula is C20H34ClNO2SSi. The number of nitrogens with zero attached hydrogens (tertiary/aromatic N) is 1. The van der Waals surface area contributed by atoms with Gasteiger partial charge in [-0.25, -0.2) is 4.21 Å². The van der Waals surface area contributed by atoms with Crippen molar-refractivity contribution in [3.63, 3.8) is 0 Å². The van der Waals surface area contributed by atoms with Crippen LogP contribution in [0.4, 0.5) is 0 Å². The van der Waals surface area contributed by atoms with Crippen molar-refractivity contribution in [3.8, 4) is 0 Å². The molecule has 0 N–H and O–H groups in total. The molecule has 1 rings (SSSR count).